The molecule has 3 N–H and O–H groups in total. The minimum Gasteiger partial charge on any atom is -0.425 e. The van der Waals surface area contributed by atoms with Crippen LogP contribution in [0.1, 0.15) is 23.1 Å². The van der Waals surface area contributed by atoms with Gasteiger partial charge in [-0.2, -0.15) is 0 Å². The second-order valence-electron chi connectivity index (χ2n) is 7.74. The molecule has 1 aromatic heterocycles. The number of halogens is 1. The lowest BCUT2D eigenvalue weighted by molar-refractivity contribution is 0.124. The molecule has 0 aliphatic carbocycles. The van der Waals surface area contributed by atoms with Crippen molar-refractivity contribution in [2.75, 3.05) is 19.8 Å². The number of nitrogens with zero attached hydrogens (tertiary/aromatic N) is 2. The van der Waals surface area contributed by atoms with E-state index in [0.717, 1.165) is 16.7 Å². The quantitative estimate of drug-likeness (QED) is 0.405. The second-order valence-corrected chi connectivity index (χ2v) is 9.36. The smallest absolute Gasteiger partial charge is 0.283 e. The topological polar surface area (TPSA) is 87.7 Å². The van der Waals surface area contributed by atoms with Crippen LogP contribution >= 0.6 is 0 Å². The molecule has 1 saturated heterocycles. The van der Waals surface area contributed by atoms with Crippen molar-refractivity contribution in [3.63, 3.8) is 0 Å². The molecule has 3 aromatic rings. The monoisotopic (exact) mass is 451 g/mol. The molecule has 4 rings (SSSR count). The number of aliphatic hydroxyl groups is 2. The second kappa shape index (κ2) is 9.77. The molecule has 0 bridgehead atoms. The highest BCUT2D eigenvalue weighted by atomic mass is 28.3. The zero-order valence-electron chi connectivity index (χ0n) is 17.6. The summed E-state index contributed by atoms with van der Waals surface area (Å²) in [5.41, 5.74) is 3.18. The van der Waals surface area contributed by atoms with Crippen molar-refractivity contribution in [2.24, 2.45) is 0 Å². The van der Waals surface area contributed by atoms with Crippen LogP contribution in [0, 0.1) is 17.7 Å². The highest BCUT2D eigenvalue weighted by Gasteiger charge is 2.28. The first-order chi connectivity index (χ1) is 15.5. The van der Waals surface area contributed by atoms with Gasteiger partial charge in [-0.1, -0.05) is 36.1 Å². The van der Waals surface area contributed by atoms with Crippen molar-refractivity contribution in [2.45, 2.75) is 24.6 Å². The molecule has 6 nitrogen and oxygen atoms in total. The summed E-state index contributed by atoms with van der Waals surface area (Å²) < 4.78 is 21.7. The minimum atomic E-state index is -1.77. The van der Waals surface area contributed by atoms with Gasteiger partial charge in [0.15, 0.2) is 0 Å². The number of hydrogen-bond donors (Lipinski definition) is 3. The standard InChI is InChI=1S/C24H24FN2O4Si/c1-32(30)24-26-10-11-27(24)19(13-28)8-4-16-2-5-17(6-3-16)20-9-7-18(12-22(20)25)21-14-31-15-23(21)29/h2-3,5-7,9-12,19,21,23,28-30H,13-15H2,1H3/t19-,21+,23-/m0/s1. The highest BCUT2D eigenvalue weighted by Crippen LogP contribution is 2.30. The number of hydrogen-bond acceptors (Lipinski definition) is 5. The van der Waals surface area contributed by atoms with E-state index in [-0.39, 0.29) is 24.9 Å². The third-order valence-electron chi connectivity index (χ3n) is 5.55. The van der Waals surface area contributed by atoms with Crippen LogP contribution in [0.25, 0.3) is 11.1 Å². The van der Waals surface area contributed by atoms with Gasteiger partial charge in [0.25, 0.3) is 9.04 Å². The van der Waals surface area contributed by atoms with Gasteiger partial charge in [-0.05, 0) is 35.9 Å². The third-order valence-corrected chi connectivity index (χ3v) is 6.59. The van der Waals surface area contributed by atoms with Crippen LogP contribution < -0.4 is 5.45 Å². The van der Waals surface area contributed by atoms with Crippen molar-refractivity contribution >= 4 is 14.5 Å². The lowest BCUT2D eigenvalue weighted by Gasteiger charge is -2.14. The fourth-order valence-corrected chi connectivity index (χ4v) is 4.67. The van der Waals surface area contributed by atoms with Gasteiger partial charge < -0.3 is 24.3 Å². The van der Waals surface area contributed by atoms with Gasteiger partial charge in [0.1, 0.15) is 17.3 Å². The number of rotatable bonds is 5. The molecule has 1 aliphatic heterocycles. The van der Waals surface area contributed by atoms with Gasteiger partial charge in [0.2, 0.25) is 0 Å². The molecule has 0 unspecified atom stereocenters. The third kappa shape index (κ3) is 4.67. The summed E-state index contributed by atoms with van der Waals surface area (Å²) in [5, 5.41) is 19.7. The molecule has 0 spiro atoms. The first kappa shape index (κ1) is 22.4. The van der Waals surface area contributed by atoms with E-state index >= 15 is 0 Å². The van der Waals surface area contributed by atoms with E-state index in [1.54, 1.807) is 53.8 Å². The van der Waals surface area contributed by atoms with Crippen molar-refractivity contribution in [1.82, 2.24) is 9.55 Å². The molecule has 1 aliphatic rings. The maximum Gasteiger partial charge on any atom is 0.283 e. The molecule has 8 heteroatoms. The largest absolute Gasteiger partial charge is 0.425 e. The fraction of sp³-hybridized carbons (Fsp3) is 0.292. The molecule has 0 saturated carbocycles. The molecular formula is C24H24FN2O4Si. The summed E-state index contributed by atoms with van der Waals surface area (Å²) in [7, 11) is -1.77. The Kier molecular flexibility index (Phi) is 6.84. The van der Waals surface area contributed by atoms with Crippen molar-refractivity contribution in [3.05, 3.63) is 71.8 Å². The molecular weight excluding hydrogens is 427 g/mol. The molecule has 1 fully saturated rings. The Hall–Kier alpha value is -2.80. The van der Waals surface area contributed by atoms with E-state index in [1.165, 1.54) is 6.07 Å². The van der Waals surface area contributed by atoms with Crippen LogP contribution in [0.4, 0.5) is 4.39 Å². The molecule has 0 amide bonds. The Morgan fingerprint density at radius 2 is 2.03 bits per heavy atom. The maximum atomic E-state index is 14.8. The minimum absolute atomic E-state index is 0.206. The first-order valence-electron chi connectivity index (χ1n) is 10.3. The van der Waals surface area contributed by atoms with Crippen LogP contribution in [-0.2, 0) is 4.74 Å². The lowest BCUT2D eigenvalue weighted by atomic mass is 9.93. The van der Waals surface area contributed by atoms with Crippen LogP contribution in [0.3, 0.4) is 0 Å². The van der Waals surface area contributed by atoms with Crippen LogP contribution in [0.2, 0.25) is 6.55 Å². The van der Waals surface area contributed by atoms with E-state index < -0.39 is 21.2 Å². The van der Waals surface area contributed by atoms with Crippen molar-refractivity contribution in [1.29, 1.82) is 0 Å². The highest BCUT2D eigenvalue weighted by molar-refractivity contribution is 6.63. The Morgan fingerprint density at radius 1 is 1.25 bits per heavy atom. The summed E-state index contributed by atoms with van der Waals surface area (Å²) in [4.78, 5) is 14.1. The molecule has 3 atom stereocenters. The van der Waals surface area contributed by atoms with E-state index in [1.807, 2.05) is 6.07 Å². The first-order valence-corrected chi connectivity index (χ1v) is 12.3. The van der Waals surface area contributed by atoms with Gasteiger partial charge in [-0.25, -0.2) is 9.37 Å². The van der Waals surface area contributed by atoms with Crippen molar-refractivity contribution in [3.8, 4) is 23.0 Å². The number of imidazole rings is 1. The van der Waals surface area contributed by atoms with Crippen molar-refractivity contribution < 1.29 is 24.1 Å². The normalized spacial score (nSPS) is 19.1. The van der Waals surface area contributed by atoms with Crippen LogP contribution in [0.5, 0.6) is 0 Å². The Labute approximate surface area is 187 Å². The Bertz CT molecular complexity index is 1140. The van der Waals surface area contributed by atoms with Gasteiger partial charge in [0.05, 0.1) is 25.9 Å². The van der Waals surface area contributed by atoms with Gasteiger partial charge in [-0.3, -0.25) is 0 Å². The summed E-state index contributed by atoms with van der Waals surface area (Å²) in [6.07, 6.45) is 2.67. The summed E-state index contributed by atoms with van der Waals surface area (Å²) in [5.74, 6) is 5.49. The molecule has 32 heavy (non-hydrogen) atoms. The number of aliphatic hydroxyl groups excluding tert-OH is 2. The molecule has 1 radical (unpaired) electrons. The average Bonchev–Trinajstić information content (AvgIpc) is 3.44. The fourth-order valence-electron chi connectivity index (χ4n) is 3.81. The predicted molar refractivity (Wildman–Crippen MR) is 120 cm³/mol. The maximum absolute atomic E-state index is 14.8. The lowest BCUT2D eigenvalue weighted by Crippen LogP contribution is -2.37. The van der Waals surface area contributed by atoms with E-state index in [9.17, 15) is 19.4 Å². The number of aromatic nitrogens is 2. The Balaban J connectivity index is 1.52. The number of benzene rings is 2. The van der Waals surface area contributed by atoms with E-state index in [0.29, 0.717) is 17.6 Å². The van der Waals surface area contributed by atoms with Crippen LogP contribution in [0.15, 0.2) is 54.9 Å². The SMILES string of the molecule is C[Si](O)c1nccn1[C@@H](C#Cc1ccc(-c2ccc([C@H]3COC[C@@H]3O)cc2F)cc1)CO. The average molecular weight is 452 g/mol. The van der Waals surface area contributed by atoms with Gasteiger partial charge >= 0.3 is 0 Å². The van der Waals surface area contributed by atoms with Crippen LogP contribution in [-0.4, -0.2) is 59.5 Å². The summed E-state index contributed by atoms with van der Waals surface area (Å²) in [6, 6.07) is 11.7. The van der Waals surface area contributed by atoms with E-state index in [4.69, 9.17) is 4.74 Å². The van der Waals surface area contributed by atoms with Gasteiger partial charge in [-0.15, -0.1) is 0 Å². The van der Waals surface area contributed by atoms with E-state index in [2.05, 4.69) is 16.8 Å². The summed E-state index contributed by atoms with van der Waals surface area (Å²) in [6.45, 7) is 2.17. The number of ether oxygens (including phenoxy) is 1. The summed E-state index contributed by atoms with van der Waals surface area (Å²) >= 11 is 0. The van der Waals surface area contributed by atoms with Gasteiger partial charge in [0, 0.05) is 29.4 Å². The Morgan fingerprint density at radius 3 is 2.66 bits per heavy atom. The molecule has 2 heterocycles. The molecule has 2 aromatic carbocycles. The zero-order valence-corrected chi connectivity index (χ0v) is 18.6. The predicted octanol–water partition coefficient (Wildman–Crippen LogP) is 1.57. The zero-order chi connectivity index (χ0) is 22.7. The molecule has 165 valence electrons.